The predicted octanol–water partition coefficient (Wildman–Crippen LogP) is 19.4. The van der Waals surface area contributed by atoms with Gasteiger partial charge in [0.15, 0.2) is 17.5 Å². The second-order valence-corrected chi connectivity index (χ2v) is 20.3. The van der Waals surface area contributed by atoms with Crippen LogP contribution in [0.5, 0.6) is 0 Å². The molecule has 0 fully saturated rings. The van der Waals surface area contributed by atoms with Crippen LogP contribution >= 0.6 is 0 Å². The quantitative estimate of drug-likeness (QED) is 0.137. The lowest BCUT2D eigenvalue weighted by molar-refractivity contribution is 1.07. The summed E-state index contributed by atoms with van der Waals surface area (Å²) in [5, 5.41) is 4.83. The normalized spacial score (nSPS) is 11.5. The summed E-state index contributed by atoms with van der Waals surface area (Å²) in [4.78, 5) is 16.4. The molecule has 0 aliphatic heterocycles. The Hall–Kier alpha value is -10.8. The van der Waals surface area contributed by atoms with Gasteiger partial charge in [0.25, 0.3) is 0 Å². The molecule has 0 spiro atoms. The highest BCUT2D eigenvalue weighted by atomic mass is 15.0. The Kier molecular flexibility index (Phi) is 11.4. The van der Waals surface area contributed by atoms with Crippen LogP contribution in [0.25, 0.3) is 145 Å². The highest BCUT2D eigenvalue weighted by Crippen LogP contribution is 2.47. The lowest BCUT2D eigenvalue weighted by Gasteiger charge is -2.21. The summed E-state index contributed by atoms with van der Waals surface area (Å²) in [5.41, 5.74) is 20.3. The summed E-state index contributed by atoms with van der Waals surface area (Å²) in [6, 6.07) is 106. The molecule has 0 saturated carbocycles. The number of aromatic nitrogens is 5. The van der Waals surface area contributed by atoms with Crippen molar-refractivity contribution in [1.82, 2.24) is 24.1 Å². The van der Waals surface area contributed by atoms with E-state index in [0.29, 0.717) is 17.5 Å². The minimum absolute atomic E-state index is 0.571. The van der Waals surface area contributed by atoms with E-state index in [1.807, 2.05) is 6.07 Å². The summed E-state index contributed by atoms with van der Waals surface area (Å²) < 4.78 is 4.91. The molecule has 0 atom stereocenters. The van der Waals surface area contributed by atoms with Gasteiger partial charge in [0.2, 0.25) is 0 Å². The van der Waals surface area contributed by atoms with Crippen LogP contribution in [0, 0.1) is 0 Å². The summed E-state index contributed by atoms with van der Waals surface area (Å²) >= 11 is 0. The van der Waals surface area contributed by atoms with Crippen molar-refractivity contribution in [2.45, 2.75) is 0 Å². The number of hydrogen-bond acceptors (Lipinski definition) is 3. The third-order valence-electron chi connectivity index (χ3n) is 15.5. The molecule has 5 nitrogen and oxygen atoms in total. The first-order valence-corrected chi connectivity index (χ1v) is 27.2. The zero-order chi connectivity index (χ0) is 52.9. The highest BCUT2D eigenvalue weighted by Gasteiger charge is 2.26. The smallest absolute Gasteiger partial charge is 0.164 e. The van der Waals surface area contributed by atoms with Crippen LogP contribution in [-0.4, -0.2) is 24.1 Å². The topological polar surface area (TPSA) is 48.5 Å². The van der Waals surface area contributed by atoms with Gasteiger partial charge < -0.3 is 9.13 Å². The Morgan fingerprint density at radius 3 is 1.01 bits per heavy atom. The van der Waals surface area contributed by atoms with Gasteiger partial charge in [0, 0.05) is 55.0 Å². The van der Waals surface area contributed by atoms with Gasteiger partial charge in [-0.25, -0.2) is 15.0 Å². The van der Waals surface area contributed by atoms with Crippen LogP contribution in [0.2, 0.25) is 0 Å². The van der Waals surface area contributed by atoms with Crippen molar-refractivity contribution in [3.8, 4) is 101 Å². The maximum atomic E-state index is 5.56. The second-order valence-electron chi connectivity index (χ2n) is 20.3. The van der Waals surface area contributed by atoms with Crippen molar-refractivity contribution in [2.24, 2.45) is 0 Å². The van der Waals surface area contributed by atoms with Crippen LogP contribution in [0.4, 0.5) is 0 Å². The first-order chi connectivity index (χ1) is 39.7. The van der Waals surface area contributed by atoms with E-state index in [4.69, 9.17) is 15.0 Å². The molecule has 0 radical (unpaired) electrons. The van der Waals surface area contributed by atoms with Crippen molar-refractivity contribution in [1.29, 1.82) is 0 Å². The monoisotopic (exact) mass is 1020 g/mol. The SMILES string of the molecule is c1ccc(-c2ccc(-c3nc(-c4cc(-c5ccccc5)cc(-c5ccccc5)c4)nc(-c4cc(-c5ccccc5)c(-n5c6ccccc6c6c7c8ccccc8n(-c8ccccc8)c7ccc65)c(-c5ccccc5)c4)n3)cc2)cc1. The zero-order valence-corrected chi connectivity index (χ0v) is 43.5. The largest absolute Gasteiger partial charge is 0.309 e. The molecule has 3 aromatic heterocycles. The molecule has 0 unspecified atom stereocenters. The standard InChI is InChI=1S/C75H49N5/c1-7-23-50(24-8-1)53-39-41-56(42-40-53)73-76-74(59-46-57(51-25-9-2-10-26-51)45-58(47-59)52-27-11-3-12-28-52)78-75(77-73)60-48-64(54-29-13-4-14-30-54)72(65(49-60)55-31-15-5-16-32-55)80-67-38-22-20-36-63(67)71-69(80)44-43-68-70(71)62-35-19-21-37-66(62)79(68)61-33-17-6-18-34-61/h1-49H. The van der Waals surface area contributed by atoms with Crippen LogP contribution in [0.15, 0.2) is 297 Å². The van der Waals surface area contributed by atoms with Crippen LogP contribution < -0.4 is 0 Å². The van der Waals surface area contributed by atoms with E-state index in [1.54, 1.807) is 0 Å². The highest BCUT2D eigenvalue weighted by molar-refractivity contribution is 6.29. The molecule has 0 saturated heterocycles. The molecular formula is C75H49N5. The molecule has 0 aliphatic rings. The van der Waals surface area contributed by atoms with Crippen LogP contribution in [0.3, 0.4) is 0 Å². The van der Waals surface area contributed by atoms with Crippen molar-refractivity contribution in [3.05, 3.63) is 297 Å². The Morgan fingerprint density at radius 2 is 0.537 bits per heavy atom. The molecule has 0 bridgehead atoms. The van der Waals surface area contributed by atoms with E-state index in [0.717, 1.165) is 100 Å². The fourth-order valence-electron chi connectivity index (χ4n) is 11.9. The number of nitrogens with zero attached hydrogens (tertiary/aromatic N) is 5. The molecule has 0 amide bonds. The molecule has 3 heterocycles. The maximum absolute atomic E-state index is 5.56. The molecule has 15 aromatic rings. The van der Waals surface area contributed by atoms with Gasteiger partial charge in [0.05, 0.1) is 27.8 Å². The Balaban J connectivity index is 1.02. The first-order valence-electron chi connectivity index (χ1n) is 27.2. The third kappa shape index (κ3) is 8.15. The molecule has 374 valence electrons. The molecule has 15 rings (SSSR count). The zero-order valence-electron chi connectivity index (χ0n) is 43.5. The molecule has 5 heteroatoms. The van der Waals surface area contributed by atoms with Gasteiger partial charge in [-0.15, -0.1) is 0 Å². The molecule has 80 heavy (non-hydrogen) atoms. The van der Waals surface area contributed by atoms with E-state index in [9.17, 15) is 0 Å². The van der Waals surface area contributed by atoms with Gasteiger partial charge in [-0.1, -0.05) is 231 Å². The summed E-state index contributed by atoms with van der Waals surface area (Å²) in [6.45, 7) is 0. The number of rotatable bonds is 10. The second kappa shape index (κ2) is 19.7. The lowest BCUT2D eigenvalue weighted by atomic mass is 9.92. The minimum Gasteiger partial charge on any atom is -0.309 e. The van der Waals surface area contributed by atoms with Crippen LogP contribution in [0.1, 0.15) is 0 Å². The summed E-state index contributed by atoms with van der Waals surface area (Å²) in [6.07, 6.45) is 0. The van der Waals surface area contributed by atoms with Gasteiger partial charge in [0.1, 0.15) is 0 Å². The Morgan fingerprint density at radius 1 is 0.212 bits per heavy atom. The molecule has 12 aromatic carbocycles. The molecule has 0 N–H and O–H groups in total. The van der Waals surface area contributed by atoms with Crippen molar-refractivity contribution in [2.75, 3.05) is 0 Å². The number of benzene rings is 12. The van der Waals surface area contributed by atoms with Gasteiger partial charge in [-0.2, -0.15) is 0 Å². The van der Waals surface area contributed by atoms with E-state index in [2.05, 4.69) is 300 Å². The van der Waals surface area contributed by atoms with E-state index < -0.39 is 0 Å². The van der Waals surface area contributed by atoms with E-state index in [-0.39, 0.29) is 0 Å². The molecular weight excluding hydrogens is 971 g/mol. The first kappa shape index (κ1) is 46.5. The van der Waals surface area contributed by atoms with Gasteiger partial charge >= 0.3 is 0 Å². The average molecular weight is 1020 g/mol. The molecule has 0 aliphatic carbocycles. The van der Waals surface area contributed by atoms with Crippen LogP contribution in [-0.2, 0) is 0 Å². The van der Waals surface area contributed by atoms with Crippen molar-refractivity contribution >= 4 is 43.6 Å². The predicted molar refractivity (Wildman–Crippen MR) is 332 cm³/mol. The Bertz CT molecular complexity index is 4650. The maximum Gasteiger partial charge on any atom is 0.164 e. The number of para-hydroxylation sites is 3. The van der Waals surface area contributed by atoms with E-state index >= 15 is 0 Å². The summed E-state index contributed by atoms with van der Waals surface area (Å²) in [7, 11) is 0. The minimum atomic E-state index is 0.571. The fraction of sp³-hybridized carbons (Fsp3) is 0. The third-order valence-corrected chi connectivity index (χ3v) is 15.5. The lowest BCUT2D eigenvalue weighted by Crippen LogP contribution is -2.04. The number of fused-ring (bicyclic) bond motifs is 7. The van der Waals surface area contributed by atoms with Gasteiger partial charge in [-0.3, -0.25) is 0 Å². The van der Waals surface area contributed by atoms with Crippen molar-refractivity contribution < 1.29 is 0 Å². The van der Waals surface area contributed by atoms with Crippen molar-refractivity contribution in [3.63, 3.8) is 0 Å². The van der Waals surface area contributed by atoms with Gasteiger partial charge in [-0.05, 0) is 111 Å². The number of hydrogen-bond donors (Lipinski definition) is 0. The average Bonchev–Trinajstić information content (AvgIpc) is 4.08. The summed E-state index contributed by atoms with van der Waals surface area (Å²) in [5.74, 6) is 1.74. The van der Waals surface area contributed by atoms with E-state index in [1.165, 1.54) is 27.1 Å². The Labute approximate surface area is 463 Å². The fourth-order valence-corrected chi connectivity index (χ4v) is 11.9.